The number of aryl methyl sites for hydroxylation is 1. The fraction of sp³-hybridized carbons (Fsp3) is 0.600. The number of nitrogens with zero attached hydrogens (tertiary/aromatic N) is 2. The standard InChI is InChI=1S/C20H22F3N3O4/c1-8-12-14(26(10-3-4-10)19(29)24-18(12)28)16(30-2)15(13(8)21)25-6-9-5-20(22,23)17(27)11(9)7-25/h9-11,17,27H,3-7H2,1-2H3,(H,24,28,29). The molecule has 1 aromatic carbocycles. The van der Waals surface area contributed by atoms with Crippen molar-refractivity contribution in [3.63, 3.8) is 0 Å². The first-order chi connectivity index (χ1) is 14.2. The van der Waals surface area contributed by atoms with Crippen LogP contribution in [0.15, 0.2) is 9.59 Å². The Morgan fingerprint density at radius 3 is 2.53 bits per heavy atom. The Balaban J connectivity index is 1.73. The fourth-order valence-corrected chi connectivity index (χ4v) is 5.21. The minimum absolute atomic E-state index is 0.0382. The van der Waals surface area contributed by atoms with Crippen LogP contribution in [0.4, 0.5) is 18.9 Å². The molecule has 1 aromatic heterocycles. The molecular formula is C20H22F3N3O4. The summed E-state index contributed by atoms with van der Waals surface area (Å²) in [4.78, 5) is 28.9. The van der Waals surface area contributed by atoms with Gasteiger partial charge < -0.3 is 14.7 Å². The van der Waals surface area contributed by atoms with Crippen LogP contribution in [0.1, 0.15) is 30.9 Å². The average molecular weight is 425 g/mol. The second kappa shape index (κ2) is 6.26. The van der Waals surface area contributed by atoms with Gasteiger partial charge in [-0.1, -0.05) is 0 Å². The van der Waals surface area contributed by atoms with E-state index in [2.05, 4.69) is 4.98 Å². The van der Waals surface area contributed by atoms with Gasteiger partial charge in [-0.2, -0.15) is 0 Å². The topological polar surface area (TPSA) is 87.6 Å². The van der Waals surface area contributed by atoms with E-state index < -0.39 is 47.3 Å². The minimum Gasteiger partial charge on any atom is -0.492 e. The Labute approximate surface area is 169 Å². The predicted molar refractivity (Wildman–Crippen MR) is 103 cm³/mol. The number of benzene rings is 1. The normalized spacial score (nSPS) is 27.7. The van der Waals surface area contributed by atoms with Gasteiger partial charge in [0.25, 0.3) is 11.5 Å². The summed E-state index contributed by atoms with van der Waals surface area (Å²) >= 11 is 0. The van der Waals surface area contributed by atoms with Crippen molar-refractivity contribution in [2.75, 3.05) is 25.1 Å². The highest BCUT2D eigenvalue weighted by Gasteiger charge is 2.58. The Bertz CT molecular complexity index is 1170. The third kappa shape index (κ3) is 2.55. The van der Waals surface area contributed by atoms with E-state index >= 15 is 4.39 Å². The van der Waals surface area contributed by atoms with Gasteiger partial charge in [-0.25, -0.2) is 18.0 Å². The summed E-state index contributed by atoms with van der Waals surface area (Å²) < 4.78 is 50.2. The number of methoxy groups -OCH3 is 1. The average Bonchev–Trinajstić information content (AvgIpc) is 3.38. The van der Waals surface area contributed by atoms with Crippen LogP contribution in [0.25, 0.3) is 10.9 Å². The van der Waals surface area contributed by atoms with Crippen LogP contribution >= 0.6 is 0 Å². The highest BCUT2D eigenvalue weighted by atomic mass is 19.3. The molecule has 7 nitrogen and oxygen atoms in total. The first kappa shape index (κ1) is 19.5. The summed E-state index contributed by atoms with van der Waals surface area (Å²) in [6.45, 7) is 1.63. The molecule has 2 heterocycles. The molecule has 2 aromatic rings. The number of anilines is 1. The third-order valence-corrected chi connectivity index (χ3v) is 6.78. The molecule has 1 aliphatic heterocycles. The fourth-order valence-electron chi connectivity index (χ4n) is 5.21. The lowest BCUT2D eigenvalue weighted by Crippen LogP contribution is -2.36. The van der Waals surface area contributed by atoms with Gasteiger partial charge in [-0.05, 0) is 25.7 Å². The van der Waals surface area contributed by atoms with Crippen molar-refractivity contribution in [2.24, 2.45) is 11.8 Å². The van der Waals surface area contributed by atoms with Crippen molar-refractivity contribution in [2.45, 2.75) is 44.3 Å². The van der Waals surface area contributed by atoms with Gasteiger partial charge in [0.05, 0.1) is 12.5 Å². The van der Waals surface area contributed by atoms with E-state index in [1.807, 2.05) is 0 Å². The number of fused-ring (bicyclic) bond motifs is 2. The Morgan fingerprint density at radius 2 is 1.93 bits per heavy atom. The predicted octanol–water partition coefficient (Wildman–Crippen LogP) is 1.93. The van der Waals surface area contributed by atoms with E-state index in [0.29, 0.717) is 0 Å². The van der Waals surface area contributed by atoms with E-state index in [1.165, 1.54) is 18.6 Å². The number of H-pyrrole nitrogens is 1. The van der Waals surface area contributed by atoms with E-state index in [1.54, 1.807) is 4.90 Å². The number of aromatic amines is 1. The molecule has 5 rings (SSSR count). The zero-order chi connectivity index (χ0) is 21.5. The molecular weight excluding hydrogens is 403 g/mol. The van der Waals surface area contributed by atoms with Crippen molar-refractivity contribution in [3.8, 4) is 5.75 Å². The number of halogens is 3. The second-order valence-corrected chi connectivity index (χ2v) is 8.64. The number of ether oxygens (including phenoxy) is 1. The maximum atomic E-state index is 15.5. The first-order valence-electron chi connectivity index (χ1n) is 10.0. The van der Waals surface area contributed by atoms with Crippen LogP contribution in [0.2, 0.25) is 0 Å². The molecule has 2 saturated carbocycles. The molecule has 162 valence electrons. The highest BCUT2D eigenvalue weighted by Crippen LogP contribution is 2.51. The van der Waals surface area contributed by atoms with Crippen molar-refractivity contribution in [1.82, 2.24) is 9.55 Å². The van der Waals surface area contributed by atoms with Gasteiger partial charge in [0.15, 0.2) is 11.6 Å². The Kier molecular flexibility index (Phi) is 4.06. The molecule has 2 N–H and O–H groups in total. The molecule has 0 spiro atoms. The molecule has 1 saturated heterocycles. The maximum Gasteiger partial charge on any atom is 0.329 e. The molecule has 3 fully saturated rings. The number of hydrogen-bond donors (Lipinski definition) is 2. The lowest BCUT2D eigenvalue weighted by molar-refractivity contribution is -0.0973. The number of hydrogen-bond acceptors (Lipinski definition) is 5. The van der Waals surface area contributed by atoms with Crippen LogP contribution in [-0.2, 0) is 0 Å². The van der Waals surface area contributed by atoms with Crippen LogP contribution in [0.5, 0.6) is 5.75 Å². The van der Waals surface area contributed by atoms with Crippen LogP contribution in [0.3, 0.4) is 0 Å². The molecule has 0 radical (unpaired) electrons. The van der Waals surface area contributed by atoms with Crippen molar-refractivity contribution in [3.05, 3.63) is 32.2 Å². The van der Waals surface area contributed by atoms with E-state index in [9.17, 15) is 23.5 Å². The molecule has 2 aliphatic carbocycles. The summed E-state index contributed by atoms with van der Waals surface area (Å²) in [6, 6.07) is -0.109. The van der Waals surface area contributed by atoms with Gasteiger partial charge in [-0.3, -0.25) is 14.3 Å². The van der Waals surface area contributed by atoms with E-state index in [4.69, 9.17) is 4.74 Å². The number of aliphatic hydroxyl groups excluding tert-OH is 1. The van der Waals surface area contributed by atoms with Gasteiger partial charge in [0, 0.05) is 37.0 Å². The lowest BCUT2D eigenvalue weighted by Gasteiger charge is -2.27. The molecule has 10 heteroatoms. The zero-order valence-electron chi connectivity index (χ0n) is 16.5. The number of nitrogens with one attached hydrogen (secondary N) is 1. The summed E-state index contributed by atoms with van der Waals surface area (Å²) in [5.74, 6) is -4.97. The summed E-state index contributed by atoms with van der Waals surface area (Å²) in [5.41, 5.74) is -0.933. The van der Waals surface area contributed by atoms with E-state index in [-0.39, 0.29) is 47.0 Å². The second-order valence-electron chi connectivity index (χ2n) is 8.64. The maximum absolute atomic E-state index is 15.5. The monoisotopic (exact) mass is 425 g/mol. The van der Waals surface area contributed by atoms with Crippen molar-refractivity contribution >= 4 is 16.6 Å². The molecule has 3 atom stereocenters. The van der Waals surface area contributed by atoms with Crippen LogP contribution < -0.4 is 20.9 Å². The molecule has 3 aliphatic rings. The van der Waals surface area contributed by atoms with Gasteiger partial charge >= 0.3 is 5.69 Å². The van der Waals surface area contributed by atoms with Gasteiger partial charge in [0.1, 0.15) is 17.3 Å². The summed E-state index contributed by atoms with van der Waals surface area (Å²) in [6.07, 6.45) is -0.732. The van der Waals surface area contributed by atoms with Crippen molar-refractivity contribution < 1.29 is 23.0 Å². The third-order valence-electron chi connectivity index (χ3n) is 6.78. The molecule has 3 unspecified atom stereocenters. The molecule has 0 amide bonds. The number of rotatable bonds is 3. The molecule has 0 bridgehead atoms. The van der Waals surface area contributed by atoms with E-state index in [0.717, 1.165) is 12.8 Å². The largest absolute Gasteiger partial charge is 0.492 e. The summed E-state index contributed by atoms with van der Waals surface area (Å²) in [5, 5.41) is 10.1. The first-order valence-corrected chi connectivity index (χ1v) is 10.0. The Hall–Kier alpha value is -2.49. The van der Waals surface area contributed by atoms with Crippen LogP contribution in [-0.4, -0.2) is 46.9 Å². The van der Waals surface area contributed by atoms with Gasteiger partial charge in [0.2, 0.25) is 0 Å². The quantitative estimate of drug-likeness (QED) is 0.785. The number of alkyl halides is 2. The zero-order valence-corrected chi connectivity index (χ0v) is 16.5. The smallest absolute Gasteiger partial charge is 0.329 e. The number of aliphatic hydroxyl groups is 1. The summed E-state index contributed by atoms with van der Waals surface area (Å²) in [7, 11) is 1.33. The lowest BCUT2D eigenvalue weighted by atomic mass is 9.99. The van der Waals surface area contributed by atoms with Gasteiger partial charge in [-0.15, -0.1) is 0 Å². The van der Waals surface area contributed by atoms with Crippen molar-refractivity contribution in [1.29, 1.82) is 0 Å². The molecule has 30 heavy (non-hydrogen) atoms. The van der Waals surface area contributed by atoms with Crippen LogP contribution in [0, 0.1) is 24.6 Å². The highest BCUT2D eigenvalue weighted by molar-refractivity contribution is 5.93. The number of aromatic nitrogens is 2. The Morgan fingerprint density at radius 1 is 1.23 bits per heavy atom. The SMILES string of the molecule is COc1c(N2CC3CC(F)(F)C(O)C3C2)c(F)c(C)c2c(=O)[nH]c(=O)n(C3CC3)c12. The minimum atomic E-state index is -3.15.